The van der Waals surface area contributed by atoms with Gasteiger partial charge in [-0.25, -0.2) is 0 Å². The zero-order valence-electron chi connectivity index (χ0n) is 14.4. The van der Waals surface area contributed by atoms with Crippen molar-refractivity contribution in [2.24, 2.45) is 18.4 Å². The Hall–Kier alpha value is -0.830. The molecule has 3 heteroatoms. The van der Waals surface area contributed by atoms with Crippen LogP contribution in [0.5, 0.6) is 0 Å². The van der Waals surface area contributed by atoms with Gasteiger partial charge in [-0.05, 0) is 63.5 Å². The van der Waals surface area contributed by atoms with Crippen LogP contribution in [0.3, 0.4) is 0 Å². The average molecular weight is 291 g/mol. The molecule has 1 N–H and O–H groups in total. The van der Waals surface area contributed by atoms with E-state index in [0.717, 1.165) is 18.2 Å². The highest BCUT2D eigenvalue weighted by molar-refractivity contribution is 5.11. The van der Waals surface area contributed by atoms with E-state index in [1.54, 1.807) is 0 Å². The monoisotopic (exact) mass is 291 g/mol. The van der Waals surface area contributed by atoms with Crippen LogP contribution in [0.15, 0.2) is 6.07 Å². The number of rotatable bonds is 7. The first kappa shape index (κ1) is 16.5. The van der Waals surface area contributed by atoms with E-state index < -0.39 is 0 Å². The van der Waals surface area contributed by atoms with Crippen LogP contribution in [0.25, 0.3) is 0 Å². The zero-order valence-corrected chi connectivity index (χ0v) is 14.4. The summed E-state index contributed by atoms with van der Waals surface area (Å²) in [7, 11) is 4.18. The van der Waals surface area contributed by atoms with Crippen LogP contribution in [-0.4, -0.2) is 23.4 Å². The molecule has 1 heterocycles. The van der Waals surface area contributed by atoms with E-state index in [1.807, 2.05) is 0 Å². The topological polar surface area (TPSA) is 29.9 Å². The van der Waals surface area contributed by atoms with Crippen molar-refractivity contribution in [2.75, 3.05) is 13.6 Å². The van der Waals surface area contributed by atoms with Crippen molar-refractivity contribution in [3.8, 4) is 0 Å². The summed E-state index contributed by atoms with van der Waals surface area (Å²) in [5.74, 6) is 0.975. The van der Waals surface area contributed by atoms with Gasteiger partial charge in [0.1, 0.15) is 0 Å². The highest BCUT2D eigenvalue weighted by Crippen LogP contribution is 2.42. The van der Waals surface area contributed by atoms with Crippen molar-refractivity contribution in [3.05, 3.63) is 17.5 Å². The van der Waals surface area contributed by atoms with Gasteiger partial charge >= 0.3 is 0 Å². The first-order chi connectivity index (χ1) is 10.1. The normalized spacial score (nSPS) is 26.2. The molecule has 0 saturated heterocycles. The molecule has 0 radical (unpaired) electrons. The molecular weight excluding hydrogens is 258 g/mol. The number of aromatic nitrogens is 2. The van der Waals surface area contributed by atoms with Gasteiger partial charge in [-0.1, -0.05) is 26.2 Å². The van der Waals surface area contributed by atoms with Gasteiger partial charge < -0.3 is 5.32 Å². The fourth-order valence-corrected chi connectivity index (χ4v) is 4.08. The Morgan fingerprint density at radius 3 is 2.62 bits per heavy atom. The molecule has 1 aromatic rings. The van der Waals surface area contributed by atoms with E-state index in [1.165, 1.54) is 57.1 Å². The Labute approximate surface area is 130 Å². The molecule has 0 atom stereocenters. The molecule has 1 aliphatic rings. The Bertz CT molecular complexity index is 428. The highest BCUT2D eigenvalue weighted by Gasteiger charge is 2.35. The third kappa shape index (κ3) is 4.32. The van der Waals surface area contributed by atoms with Gasteiger partial charge in [-0.2, -0.15) is 5.10 Å². The minimum absolute atomic E-state index is 0.442. The number of hydrogen-bond acceptors (Lipinski definition) is 2. The summed E-state index contributed by atoms with van der Waals surface area (Å²) in [6.07, 6.45) is 10.9. The lowest BCUT2D eigenvalue weighted by atomic mass is 9.67. The van der Waals surface area contributed by atoms with Crippen molar-refractivity contribution in [2.45, 2.75) is 65.2 Å². The molecule has 1 aliphatic carbocycles. The van der Waals surface area contributed by atoms with Crippen molar-refractivity contribution < 1.29 is 0 Å². The highest BCUT2D eigenvalue weighted by atomic mass is 15.3. The summed E-state index contributed by atoms with van der Waals surface area (Å²) in [6.45, 7) is 5.53. The van der Waals surface area contributed by atoms with Gasteiger partial charge in [0.15, 0.2) is 0 Å². The van der Waals surface area contributed by atoms with Crippen LogP contribution in [0.2, 0.25) is 0 Å². The Kier molecular flexibility index (Phi) is 5.86. The molecule has 0 aromatic carbocycles. The van der Waals surface area contributed by atoms with E-state index in [2.05, 4.69) is 49.1 Å². The van der Waals surface area contributed by atoms with Crippen LogP contribution >= 0.6 is 0 Å². The molecule has 0 unspecified atom stereocenters. The van der Waals surface area contributed by atoms with Crippen LogP contribution in [0.1, 0.15) is 63.3 Å². The SMILES string of the molecule is CCCCC1CCC(CNC)(Cc2cc(C)nn2C)CC1. The van der Waals surface area contributed by atoms with E-state index in [9.17, 15) is 0 Å². The van der Waals surface area contributed by atoms with Crippen molar-refractivity contribution in [3.63, 3.8) is 0 Å². The zero-order chi connectivity index (χ0) is 15.3. The first-order valence-electron chi connectivity index (χ1n) is 8.72. The minimum atomic E-state index is 0.442. The lowest BCUT2D eigenvalue weighted by Crippen LogP contribution is -2.38. The number of hydrogen-bond donors (Lipinski definition) is 1. The Morgan fingerprint density at radius 1 is 1.38 bits per heavy atom. The molecular formula is C18H33N3. The van der Waals surface area contributed by atoms with Gasteiger partial charge in [0.05, 0.1) is 5.69 Å². The predicted molar refractivity (Wildman–Crippen MR) is 89.5 cm³/mol. The fraction of sp³-hybridized carbons (Fsp3) is 0.833. The number of nitrogens with one attached hydrogen (secondary N) is 1. The second kappa shape index (κ2) is 7.44. The second-order valence-corrected chi connectivity index (χ2v) is 7.19. The van der Waals surface area contributed by atoms with E-state index in [4.69, 9.17) is 0 Å². The van der Waals surface area contributed by atoms with Crippen LogP contribution in [-0.2, 0) is 13.5 Å². The summed E-state index contributed by atoms with van der Waals surface area (Å²) < 4.78 is 2.08. The summed E-state index contributed by atoms with van der Waals surface area (Å²) in [5, 5.41) is 7.97. The maximum atomic E-state index is 4.52. The maximum absolute atomic E-state index is 4.52. The van der Waals surface area contributed by atoms with Crippen LogP contribution in [0, 0.1) is 18.3 Å². The molecule has 21 heavy (non-hydrogen) atoms. The predicted octanol–water partition coefficient (Wildman–Crippen LogP) is 3.86. The molecule has 1 aromatic heterocycles. The molecule has 3 nitrogen and oxygen atoms in total. The first-order valence-corrected chi connectivity index (χ1v) is 8.72. The molecule has 0 bridgehead atoms. The Morgan fingerprint density at radius 2 is 2.10 bits per heavy atom. The standard InChI is InChI=1S/C18H33N3/c1-5-6-7-16-8-10-18(11-9-16,14-19-3)13-17-12-15(2)20-21(17)4/h12,16,19H,5-11,13-14H2,1-4H3. The number of nitrogens with zero attached hydrogens (tertiary/aromatic N) is 2. The number of unbranched alkanes of at least 4 members (excludes halogenated alkanes) is 1. The van der Waals surface area contributed by atoms with Gasteiger partial charge in [0.25, 0.3) is 0 Å². The summed E-state index contributed by atoms with van der Waals surface area (Å²) >= 11 is 0. The summed E-state index contributed by atoms with van der Waals surface area (Å²) in [4.78, 5) is 0. The van der Waals surface area contributed by atoms with Crippen LogP contribution in [0.4, 0.5) is 0 Å². The Balaban J connectivity index is 2.00. The average Bonchev–Trinajstić information content (AvgIpc) is 2.76. The van der Waals surface area contributed by atoms with Gasteiger partial charge in [0, 0.05) is 19.3 Å². The largest absolute Gasteiger partial charge is 0.319 e. The molecule has 120 valence electrons. The minimum Gasteiger partial charge on any atom is -0.319 e. The molecule has 0 aliphatic heterocycles. The van der Waals surface area contributed by atoms with E-state index in [0.29, 0.717) is 5.41 Å². The quantitative estimate of drug-likeness (QED) is 0.827. The van der Waals surface area contributed by atoms with Crippen molar-refractivity contribution >= 4 is 0 Å². The third-order valence-corrected chi connectivity index (χ3v) is 5.34. The number of aryl methyl sites for hydroxylation is 2. The lowest BCUT2D eigenvalue weighted by Gasteiger charge is -2.40. The molecule has 1 saturated carbocycles. The summed E-state index contributed by atoms with van der Waals surface area (Å²) in [5.41, 5.74) is 2.98. The van der Waals surface area contributed by atoms with Crippen molar-refractivity contribution in [1.82, 2.24) is 15.1 Å². The van der Waals surface area contributed by atoms with Gasteiger partial charge in [-0.15, -0.1) is 0 Å². The van der Waals surface area contributed by atoms with Gasteiger partial charge in [-0.3, -0.25) is 4.68 Å². The molecule has 2 rings (SSSR count). The summed E-state index contributed by atoms with van der Waals surface area (Å²) in [6, 6.07) is 2.26. The van der Waals surface area contributed by atoms with E-state index in [-0.39, 0.29) is 0 Å². The third-order valence-electron chi connectivity index (χ3n) is 5.34. The van der Waals surface area contributed by atoms with Gasteiger partial charge in [0.2, 0.25) is 0 Å². The second-order valence-electron chi connectivity index (χ2n) is 7.19. The fourth-order valence-electron chi connectivity index (χ4n) is 4.08. The van der Waals surface area contributed by atoms with Crippen molar-refractivity contribution in [1.29, 1.82) is 0 Å². The smallest absolute Gasteiger partial charge is 0.0596 e. The molecule has 0 amide bonds. The maximum Gasteiger partial charge on any atom is 0.0596 e. The lowest BCUT2D eigenvalue weighted by molar-refractivity contribution is 0.138. The van der Waals surface area contributed by atoms with Crippen LogP contribution < -0.4 is 5.32 Å². The van der Waals surface area contributed by atoms with E-state index >= 15 is 0 Å². The molecule has 0 spiro atoms. The molecule has 1 fully saturated rings.